The Morgan fingerprint density at radius 1 is 1.32 bits per heavy atom. The number of amides is 3. The van der Waals surface area contributed by atoms with Crippen molar-refractivity contribution in [1.82, 2.24) is 4.90 Å². The molecule has 19 heavy (non-hydrogen) atoms. The number of nitrogens with zero attached hydrogens (tertiary/aromatic N) is 1. The van der Waals surface area contributed by atoms with E-state index in [-0.39, 0.29) is 30.2 Å². The van der Waals surface area contributed by atoms with Crippen molar-refractivity contribution in [3.8, 4) is 0 Å². The van der Waals surface area contributed by atoms with Crippen LogP contribution in [0, 0.1) is 5.92 Å². The van der Waals surface area contributed by atoms with Crippen molar-refractivity contribution < 1.29 is 14.4 Å². The number of rotatable bonds is 3. The SMILES string of the molecule is CC(CN)C(=O)Nc1ccc2c(c1)C(=O)N(C)C2=O. The summed E-state index contributed by atoms with van der Waals surface area (Å²) in [7, 11) is 1.43. The van der Waals surface area contributed by atoms with Crippen molar-refractivity contribution >= 4 is 23.4 Å². The molecule has 3 N–H and O–H groups in total. The van der Waals surface area contributed by atoms with E-state index in [4.69, 9.17) is 5.73 Å². The molecular weight excluding hydrogens is 246 g/mol. The van der Waals surface area contributed by atoms with Gasteiger partial charge in [-0.25, -0.2) is 0 Å². The third kappa shape index (κ3) is 2.22. The van der Waals surface area contributed by atoms with Crippen LogP contribution in [-0.2, 0) is 4.79 Å². The van der Waals surface area contributed by atoms with Crippen LogP contribution in [0.15, 0.2) is 18.2 Å². The highest BCUT2D eigenvalue weighted by Crippen LogP contribution is 2.24. The number of hydrogen-bond acceptors (Lipinski definition) is 4. The summed E-state index contributed by atoms with van der Waals surface area (Å²) in [6, 6.07) is 4.66. The average Bonchev–Trinajstić information content (AvgIpc) is 2.63. The third-order valence-corrected chi connectivity index (χ3v) is 3.16. The number of hydrogen-bond donors (Lipinski definition) is 2. The van der Waals surface area contributed by atoms with Gasteiger partial charge in [0.15, 0.2) is 0 Å². The zero-order valence-electron chi connectivity index (χ0n) is 10.8. The highest BCUT2D eigenvalue weighted by atomic mass is 16.2. The standard InChI is InChI=1S/C13H15N3O3/c1-7(6-14)11(17)15-8-3-4-9-10(5-8)13(19)16(2)12(9)18/h3-5,7H,6,14H2,1-2H3,(H,15,17). The zero-order chi connectivity index (χ0) is 14.2. The molecule has 0 fully saturated rings. The molecule has 100 valence electrons. The molecule has 0 spiro atoms. The minimum Gasteiger partial charge on any atom is -0.330 e. The van der Waals surface area contributed by atoms with Crippen molar-refractivity contribution in [2.45, 2.75) is 6.92 Å². The molecule has 0 aromatic heterocycles. The first-order valence-corrected chi connectivity index (χ1v) is 5.93. The van der Waals surface area contributed by atoms with Crippen LogP contribution in [-0.4, -0.2) is 36.2 Å². The summed E-state index contributed by atoms with van der Waals surface area (Å²) in [5, 5.41) is 2.67. The molecule has 0 radical (unpaired) electrons. The van der Waals surface area contributed by atoms with E-state index in [2.05, 4.69) is 5.32 Å². The number of anilines is 1. The van der Waals surface area contributed by atoms with Gasteiger partial charge in [-0.05, 0) is 18.2 Å². The van der Waals surface area contributed by atoms with Crippen molar-refractivity contribution in [1.29, 1.82) is 0 Å². The molecule has 0 bridgehead atoms. The summed E-state index contributed by atoms with van der Waals surface area (Å²) in [5.74, 6) is -1.21. The topological polar surface area (TPSA) is 92.5 Å². The Morgan fingerprint density at radius 3 is 2.58 bits per heavy atom. The van der Waals surface area contributed by atoms with Gasteiger partial charge in [0.25, 0.3) is 11.8 Å². The van der Waals surface area contributed by atoms with Gasteiger partial charge in [0.2, 0.25) is 5.91 Å². The molecular formula is C13H15N3O3. The third-order valence-electron chi connectivity index (χ3n) is 3.16. The second kappa shape index (κ2) is 4.81. The van der Waals surface area contributed by atoms with Crippen molar-refractivity contribution in [3.63, 3.8) is 0 Å². The fourth-order valence-corrected chi connectivity index (χ4v) is 1.81. The quantitative estimate of drug-likeness (QED) is 0.772. The van der Waals surface area contributed by atoms with E-state index in [9.17, 15) is 14.4 Å². The number of fused-ring (bicyclic) bond motifs is 1. The van der Waals surface area contributed by atoms with E-state index in [1.807, 2.05) is 0 Å². The minimum atomic E-state index is -0.358. The lowest BCUT2D eigenvalue weighted by atomic mass is 10.1. The lowest BCUT2D eigenvalue weighted by molar-refractivity contribution is -0.119. The number of nitrogens with two attached hydrogens (primary N) is 1. The van der Waals surface area contributed by atoms with Gasteiger partial charge in [0.1, 0.15) is 0 Å². The Labute approximate surface area is 110 Å². The number of carbonyl (C=O) groups is 3. The first kappa shape index (κ1) is 13.2. The predicted molar refractivity (Wildman–Crippen MR) is 69.7 cm³/mol. The molecule has 1 aromatic carbocycles. The van der Waals surface area contributed by atoms with Crippen molar-refractivity contribution in [2.24, 2.45) is 11.7 Å². The highest BCUT2D eigenvalue weighted by molar-refractivity contribution is 6.21. The van der Waals surface area contributed by atoms with Crippen LogP contribution in [0.25, 0.3) is 0 Å². The fourth-order valence-electron chi connectivity index (χ4n) is 1.81. The van der Waals surface area contributed by atoms with Crippen LogP contribution in [0.3, 0.4) is 0 Å². The molecule has 0 saturated heterocycles. The maximum absolute atomic E-state index is 11.8. The molecule has 1 atom stereocenters. The van der Waals surface area contributed by atoms with E-state index in [1.165, 1.54) is 13.1 Å². The Bertz CT molecular complexity index is 568. The molecule has 1 aliphatic heterocycles. The van der Waals surface area contributed by atoms with Gasteiger partial charge in [0.05, 0.1) is 11.1 Å². The maximum atomic E-state index is 11.8. The molecule has 2 rings (SSSR count). The molecule has 6 nitrogen and oxygen atoms in total. The first-order valence-electron chi connectivity index (χ1n) is 5.93. The normalized spacial score (nSPS) is 15.4. The lowest BCUT2D eigenvalue weighted by Crippen LogP contribution is -2.26. The van der Waals surface area contributed by atoms with E-state index in [0.29, 0.717) is 16.8 Å². The molecule has 1 unspecified atom stereocenters. The summed E-state index contributed by atoms with van der Waals surface area (Å²) in [5.41, 5.74) is 6.57. The Hall–Kier alpha value is -2.21. The Morgan fingerprint density at radius 2 is 1.95 bits per heavy atom. The number of benzene rings is 1. The van der Waals surface area contributed by atoms with E-state index >= 15 is 0 Å². The van der Waals surface area contributed by atoms with Crippen LogP contribution in [0.5, 0.6) is 0 Å². The molecule has 0 aliphatic carbocycles. The predicted octanol–water partition coefficient (Wildman–Crippen LogP) is 0.446. The Kier molecular flexibility index (Phi) is 3.35. The lowest BCUT2D eigenvalue weighted by Gasteiger charge is -2.10. The highest BCUT2D eigenvalue weighted by Gasteiger charge is 2.32. The number of imide groups is 1. The fraction of sp³-hybridized carbons (Fsp3) is 0.308. The van der Waals surface area contributed by atoms with Crippen molar-refractivity contribution in [3.05, 3.63) is 29.3 Å². The molecule has 1 aromatic rings. The minimum absolute atomic E-state index is 0.215. The summed E-state index contributed by atoms with van der Waals surface area (Å²) >= 11 is 0. The first-order chi connectivity index (χ1) is 8.95. The smallest absolute Gasteiger partial charge is 0.261 e. The summed E-state index contributed by atoms with van der Waals surface area (Å²) in [6.07, 6.45) is 0. The van der Waals surface area contributed by atoms with Crippen molar-refractivity contribution in [2.75, 3.05) is 18.9 Å². The maximum Gasteiger partial charge on any atom is 0.261 e. The van der Waals surface area contributed by atoms with Gasteiger partial charge in [-0.3, -0.25) is 19.3 Å². The average molecular weight is 261 g/mol. The van der Waals surface area contributed by atoms with E-state index < -0.39 is 0 Å². The van der Waals surface area contributed by atoms with E-state index in [1.54, 1.807) is 19.1 Å². The van der Waals surface area contributed by atoms with Gasteiger partial charge in [0, 0.05) is 25.2 Å². The summed E-state index contributed by atoms with van der Waals surface area (Å²) in [4.78, 5) is 36.3. The van der Waals surface area contributed by atoms with Gasteiger partial charge in [-0.2, -0.15) is 0 Å². The molecule has 0 saturated carbocycles. The van der Waals surface area contributed by atoms with Crippen LogP contribution in [0.2, 0.25) is 0 Å². The van der Waals surface area contributed by atoms with Gasteiger partial charge in [-0.1, -0.05) is 6.92 Å². The van der Waals surface area contributed by atoms with E-state index in [0.717, 1.165) is 4.90 Å². The van der Waals surface area contributed by atoms with Crippen LogP contribution >= 0.6 is 0 Å². The van der Waals surface area contributed by atoms with Crippen LogP contribution in [0.4, 0.5) is 5.69 Å². The molecule has 1 aliphatic rings. The van der Waals surface area contributed by atoms with Crippen LogP contribution in [0.1, 0.15) is 27.6 Å². The van der Waals surface area contributed by atoms with Crippen LogP contribution < -0.4 is 11.1 Å². The number of nitrogens with one attached hydrogen (secondary N) is 1. The van der Waals surface area contributed by atoms with Gasteiger partial charge >= 0.3 is 0 Å². The molecule has 1 heterocycles. The largest absolute Gasteiger partial charge is 0.330 e. The number of carbonyl (C=O) groups excluding carboxylic acids is 3. The Balaban J connectivity index is 2.26. The molecule has 6 heteroatoms. The van der Waals surface area contributed by atoms with Gasteiger partial charge in [-0.15, -0.1) is 0 Å². The molecule has 3 amide bonds. The summed E-state index contributed by atoms with van der Waals surface area (Å²) < 4.78 is 0. The zero-order valence-corrected chi connectivity index (χ0v) is 10.8. The van der Waals surface area contributed by atoms with Gasteiger partial charge < -0.3 is 11.1 Å². The second-order valence-electron chi connectivity index (χ2n) is 4.56. The second-order valence-corrected chi connectivity index (χ2v) is 4.56. The summed E-state index contributed by atoms with van der Waals surface area (Å²) in [6.45, 7) is 1.96. The monoisotopic (exact) mass is 261 g/mol.